The fourth-order valence-corrected chi connectivity index (χ4v) is 2.61. The molecule has 0 radical (unpaired) electrons. The Balaban J connectivity index is 2.45. The number of aliphatic hydroxyl groups is 1. The van der Waals surface area contributed by atoms with Crippen LogP contribution in [0.1, 0.15) is 10.4 Å². The van der Waals surface area contributed by atoms with Gasteiger partial charge < -0.3 is 28.9 Å². The van der Waals surface area contributed by atoms with Gasteiger partial charge in [0.25, 0.3) is 5.91 Å². The fourth-order valence-electron chi connectivity index (χ4n) is 2.61. The number of hydrogen-bond acceptors (Lipinski definition) is 7. The number of amides is 1. The average molecular weight is 381 g/mol. The molecule has 0 spiro atoms. The second-order valence-electron chi connectivity index (χ2n) is 6.25. The van der Waals surface area contributed by atoms with Gasteiger partial charge in [-0.3, -0.25) is 4.79 Å². The highest BCUT2D eigenvalue weighted by atomic mass is 19.1. The summed E-state index contributed by atoms with van der Waals surface area (Å²) in [5.74, 6) is -0.381. The number of carbonyl (C=O) groups excluding carboxylic acids is 1. The van der Waals surface area contributed by atoms with E-state index in [-0.39, 0.29) is 30.2 Å². The van der Waals surface area contributed by atoms with Gasteiger partial charge in [0.2, 0.25) is 0 Å². The molecule has 9 heteroatoms. The summed E-state index contributed by atoms with van der Waals surface area (Å²) < 4.78 is 29.0. The zero-order valence-electron chi connectivity index (χ0n) is 16.0. The molecular formula is C18H24FN3O5. The molecule has 0 aliphatic carbocycles. The van der Waals surface area contributed by atoms with E-state index in [4.69, 9.17) is 14.0 Å². The average Bonchev–Trinajstić information content (AvgIpc) is 3.06. The molecule has 148 valence electrons. The summed E-state index contributed by atoms with van der Waals surface area (Å²) in [6.45, 7) is 0.167. The molecule has 0 saturated carbocycles. The molecule has 1 heterocycles. The molecule has 27 heavy (non-hydrogen) atoms. The van der Waals surface area contributed by atoms with Crippen molar-refractivity contribution in [3.63, 3.8) is 0 Å². The third-order valence-electron chi connectivity index (χ3n) is 3.92. The van der Waals surface area contributed by atoms with E-state index >= 15 is 0 Å². The van der Waals surface area contributed by atoms with E-state index in [0.717, 1.165) is 0 Å². The molecule has 0 aliphatic heterocycles. The summed E-state index contributed by atoms with van der Waals surface area (Å²) in [6.07, 6.45) is -0.832. The lowest BCUT2D eigenvalue weighted by Crippen LogP contribution is -2.36. The normalized spacial score (nSPS) is 12.0. The van der Waals surface area contributed by atoms with Gasteiger partial charge in [0, 0.05) is 40.4 Å². The third-order valence-corrected chi connectivity index (χ3v) is 3.92. The molecule has 2 aromatic rings. The van der Waals surface area contributed by atoms with Gasteiger partial charge in [-0.15, -0.1) is 0 Å². The lowest BCUT2D eigenvalue weighted by molar-refractivity contribution is 0.0380. The summed E-state index contributed by atoms with van der Waals surface area (Å²) in [5.41, 5.74) is 0.656. The number of aliphatic hydroxyl groups excluding tert-OH is 1. The van der Waals surface area contributed by atoms with Crippen LogP contribution in [-0.2, 0) is 4.74 Å². The Bertz CT molecular complexity index is 793. The number of rotatable bonds is 8. The van der Waals surface area contributed by atoms with E-state index in [1.807, 2.05) is 0 Å². The van der Waals surface area contributed by atoms with Gasteiger partial charge in [-0.05, 0) is 18.2 Å². The first-order chi connectivity index (χ1) is 12.8. The van der Waals surface area contributed by atoms with E-state index in [0.29, 0.717) is 11.4 Å². The van der Waals surface area contributed by atoms with Gasteiger partial charge in [-0.25, -0.2) is 4.39 Å². The van der Waals surface area contributed by atoms with Gasteiger partial charge in [0.05, 0.1) is 19.8 Å². The zero-order chi connectivity index (χ0) is 20.1. The summed E-state index contributed by atoms with van der Waals surface area (Å²) in [7, 11) is 7.83. The number of ether oxygens (including phenoxy) is 2. The van der Waals surface area contributed by atoms with Crippen LogP contribution in [0.4, 0.5) is 10.2 Å². The summed E-state index contributed by atoms with van der Waals surface area (Å²) in [4.78, 5) is 16.0. The van der Waals surface area contributed by atoms with Gasteiger partial charge in [-0.2, -0.15) is 0 Å². The molecule has 1 N–H and O–H groups in total. The maximum atomic E-state index is 13.7. The van der Waals surface area contributed by atoms with Gasteiger partial charge in [-0.1, -0.05) is 5.16 Å². The smallest absolute Gasteiger partial charge is 0.261 e. The largest absolute Gasteiger partial charge is 0.494 e. The second kappa shape index (κ2) is 8.83. The van der Waals surface area contributed by atoms with Crippen molar-refractivity contribution in [2.45, 2.75) is 6.10 Å². The van der Waals surface area contributed by atoms with E-state index in [1.54, 1.807) is 26.0 Å². The van der Waals surface area contributed by atoms with Crippen molar-refractivity contribution in [2.24, 2.45) is 0 Å². The maximum absolute atomic E-state index is 13.7. The van der Waals surface area contributed by atoms with Crippen molar-refractivity contribution < 1.29 is 28.3 Å². The van der Waals surface area contributed by atoms with Crippen LogP contribution in [0, 0.1) is 5.82 Å². The molecule has 1 aromatic carbocycles. The summed E-state index contributed by atoms with van der Waals surface area (Å²) >= 11 is 0. The van der Waals surface area contributed by atoms with Crippen LogP contribution in [0.3, 0.4) is 0 Å². The van der Waals surface area contributed by atoms with E-state index in [2.05, 4.69) is 5.16 Å². The highest BCUT2D eigenvalue weighted by Crippen LogP contribution is 2.34. The molecule has 1 amide bonds. The number of nitrogens with zero attached hydrogens (tertiary/aromatic N) is 3. The maximum Gasteiger partial charge on any atom is 0.261 e. The Morgan fingerprint density at radius 3 is 2.63 bits per heavy atom. The topological polar surface area (TPSA) is 88.3 Å². The van der Waals surface area contributed by atoms with Crippen molar-refractivity contribution in [3.8, 4) is 17.1 Å². The third kappa shape index (κ3) is 4.55. The first-order valence-electron chi connectivity index (χ1n) is 8.23. The molecule has 1 atom stereocenters. The standard InChI is InChI=1S/C18H24FN3O5/c1-21(2)17-15(18(24)22(3)9-12(23)10-25-4)16(27-20-17)11-6-7-13(19)14(8-11)26-5/h6-8,12,23H,9-10H2,1-5H3. The predicted octanol–water partition coefficient (Wildman–Crippen LogP) is 1.63. The van der Waals surface area contributed by atoms with Crippen molar-refractivity contribution in [1.82, 2.24) is 10.1 Å². The first kappa shape index (κ1) is 20.7. The molecule has 0 bridgehead atoms. The molecule has 1 unspecified atom stereocenters. The van der Waals surface area contributed by atoms with E-state index in [1.165, 1.54) is 37.3 Å². The number of carbonyl (C=O) groups is 1. The Hall–Kier alpha value is -2.65. The van der Waals surface area contributed by atoms with Gasteiger partial charge >= 0.3 is 0 Å². The minimum atomic E-state index is -0.832. The predicted molar refractivity (Wildman–Crippen MR) is 97.6 cm³/mol. The molecule has 0 fully saturated rings. The minimum Gasteiger partial charge on any atom is -0.494 e. The molecule has 2 rings (SSSR count). The fraction of sp³-hybridized carbons (Fsp3) is 0.444. The first-order valence-corrected chi connectivity index (χ1v) is 8.23. The number of benzene rings is 1. The second-order valence-corrected chi connectivity index (χ2v) is 6.25. The number of anilines is 1. The van der Waals surface area contributed by atoms with Crippen molar-refractivity contribution in [1.29, 1.82) is 0 Å². The molecule has 1 aromatic heterocycles. The molecule has 8 nitrogen and oxygen atoms in total. The number of hydrogen-bond donors (Lipinski definition) is 1. The van der Waals surface area contributed by atoms with Crippen LogP contribution >= 0.6 is 0 Å². The molecule has 0 saturated heterocycles. The van der Waals surface area contributed by atoms with E-state index in [9.17, 15) is 14.3 Å². The van der Waals surface area contributed by atoms with Crippen LogP contribution in [0.5, 0.6) is 5.75 Å². The minimum absolute atomic E-state index is 0.0255. The summed E-state index contributed by atoms with van der Waals surface area (Å²) in [5, 5.41) is 13.9. The van der Waals surface area contributed by atoms with Crippen LogP contribution < -0.4 is 9.64 Å². The Morgan fingerprint density at radius 2 is 2.04 bits per heavy atom. The highest BCUT2D eigenvalue weighted by molar-refractivity contribution is 6.04. The van der Waals surface area contributed by atoms with Crippen molar-refractivity contribution in [2.75, 3.05) is 53.4 Å². The number of likely N-dealkylation sites (N-methyl/N-ethyl adjacent to an activating group) is 1. The van der Waals surface area contributed by atoms with E-state index < -0.39 is 17.8 Å². The van der Waals surface area contributed by atoms with Crippen molar-refractivity contribution >= 4 is 11.7 Å². The Labute approximate surface area is 157 Å². The number of aromatic nitrogens is 1. The Kier molecular flexibility index (Phi) is 6.75. The van der Waals surface area contributed by atoms with Crippen molar-refractivity contribution in [3.05, 3.63) is 29.6 Å². The highest BCUT2D eigenvalue weighted by Gasteiger charge is 2.29. The van der Waals surface area contributed by atoms with Crippen LogP contribution in [0.25, 0.3) is 11.3 Å². The lowest BCUT2D eigenvalue weighted by atomic mass is 10.1. The lowest BCUT2D eigenvalue weighted by Gasteiger charge is -2.21. The number of methoxy groups -OCH3 is 2. The van der Waals surface area contributed by atoms with Gasteiger partial charge in [0.15, 0.2) is 23.1 Å². The van der Waals surface area contributed by atoms with Crippen LogP contribution in [0.2, 0.25) is 0 Å². The van der Waals surface area contributed by atoms with Crippen LogP contribution in [0.15, 0.2) is 22.7 Å². The monoisotopic (exact) mass is 381 g/mol. The zero-order valence-corrected chi connectivity index (χ0v) is 16.0. The number of halogens is 1. The Morgan fingerprint density at radius 1 is 1.33 bits per heavy atom. The molecule has 0 aliphatic rings. The summed E-state index contributed by atoms with van der Waals surface area (Å²) in [6, 6.07) is 4.15. The van der Waals surface area contributed by atoms with Crippen LogP contribution in [-0.4, -0.2) is 75.7 Å². The SMILES string of the molecule is COCC(O)CN(C)C(=O)c1c(N(C)C)noc1-c1ccc(F)c(OC)c1. The molecular weight excluding hydrogens is 357 g/mol. The van der Waals surface area contributed by atoms with Gasteiger partial charge in [0.1, 0.15) is 5.56 Å². The quantitative estimate of drug-likeness (QED) is 0.744.